The van der Waals surface area contributed by atoms with Crippen LogP contribution in [0.4, 0.5) is 5.69 Å². The lowest BCUT2D eigenvalue weighted by Crippen LogP contribution is -2.47. The minimum absolute atomic E-state index is 0.0377. The zero-order valence-electron chi connectivity index (χ0n) is 11.6. The van der Waals surface area contributed by atoms with Gasteiger partial charge in [-0.3, -0.25) is 4.79 Å². The third-order valence-corrected chi connectivity index (χ3v) is 3.35. The molecule has 1 amide bonds. The van der Waals surface area contributed by atoms with Crippen LogP contribution >= 0.6 is 0 Å². The van der Waals surface area contributed by atoms with Gasteiger partial charge in [-0.05, 0) is 31.9 Å². The number of aryl methyl sites for hydroxylation is 3. The number of nitrogens with zero attached hydrogens (tertiary/aromatic N) is 2. The fraction of sp³-hybridized carbons (Fsp3) is 0.467. The van der Waals surface area contributed by atoms with Gasteiger partial charge in [-0.25, -0.2) is 0 Å². The fourth-order valence-corrected chi connectivity index (χ4v) is 2.66. The van der Waals surface area contributed by atoms with E-state index in [1.54, 1.807) is 4.90 Å². The molecule has 1 aromatic carbocycles. The van der Waals surface area contributed by atoms with Gasteiger partial charge in [0.2, 0.25) is 0 Å². The lowest BCUT2D eigenvalue weighted by Gasteiger charge is -2.33. The molecule has 1 aromatic rings. The summed E-state index contributed by atoms with van der Waals surface area (Å²) < 4.78 is 5.37. The van der Waals surface area contributed by atoms with Gasteiger partial charge in [0.15, 0.2) is 0 Å². The minimum atomic E-state index is -0.192. The lowest BCUT2D eigenvalue weighted by atomic mass is 10.0. The van der Waals surface area contributed by atoms with Crippen LogP contribution in [-0.4, -0.2) is 25.2 Å². The van der Waals surface area contributed by atoms with Gasteiger partial charge in [0.05, 0.1) is 25.1 Å². The Bertz CT molecular complexity index is 523. The molecule has 100 valence electrons. The minimum Gasteiger partial charge on any atom is -0.365 e. The van der Waals surface area contributed by atoms with Crippen molar-refractivity contribution in [2.75, 3.05) is 18.1 Å². The number of hydrogen-bond acceptors (Lipinski definition) is 3. The van der Waals surface area contributed by atoms with Crippen LogP contribution in [0.5, 0.6) is 0 Å². The highest BCUT2D eigenvalue weighted by atomic mass is 16.5. The second kappa shape index (κ2) is 5.41. The highest BCUT2D eigenvalue weighted by Crippen LogP contribution is 2.28. The largest absolute Gasteiger partial charge is 0.365 e. The van der Waals surface area contributed by atoms with Crippen molar-refractivity contribution in [1.29, 1.82) is 5.26 Å². The summed E-state index contributed by atoms with van der Waals surface area (Å²) in [4.78, 5) is 13.8. The van der Waals surface area contributed by atoms with Gasteiger partial charge in [-0.2, -0.15) is 5.26 Å². The Morgan fingerprint density at radius 1 is 1.37 bits per heavy atom. The molecule has 1 aliphatic heterocycles. The summed E-state index contributed by atoms with van der Waals surface area (Å²) in [5.41, 5.74) is 4.32. The first kappa shape index (κ1) is 13.6. The Balaban J connectivity index is 2.34. The number of ether oxygens (including phenoxy) is 1. The van der Waals surface area contributed by atoms with Crippen molar-refractivity contribution in [3.05, 3.63) is 28.8 Å². The third kappa shape index (κ3) is 2.77. The van der Waals surface area contributed by atoms with Crippen LogP contribution in [0, 0.1) is 32.1 Å². The maximum absolute atomic E-state index is 12.1. The number of carbonyl (C=O) groups excluding carboxylic acids is 1. The maximum Gasteiger partial charge on any atom is 0.253 e. The summed E-state index contributed by atoms with van der Waals surface area (Å²) in [5.74, 6) is -0.0377. The number of morpholine rings is 1. The molecule has 1 aliphatic rings. The lowest BCUT2D eigenvalue weighted by molar-refractivity contribution is -0.129. The average Bonchev–Trinajstić information content (AvgIpc) is 2.32. The van der Waals surface area contributed by atoms with Gasteiger partial charge in [0.25, 0.3) is 5.91 Å². The van der Waals surface area contributed by atoms with E-state index in [1.165, 1.54) is 5.56 Å². The van der Waals surface area contributed by atoms with Crippen molar-refractivity contribution in [3.8, 4) is 6.07 Å². The quantitative estimate of drug-likeness (QED) is 0.817. The van der Waals surface area contributed by atoms with E-state index in [-0.39, 0.29) is 18.6 Å². The van der Waals surface area contributed by atoms with E-state index in [2.05, 4.69) is 18.2 Å². The van der Waals surface area contributed by atoms with E-state index in [0.29, 0.717) is 13.0 Å². The van der Waals surface area contributed by atoms with Gasteiger partial charge >= 0.3 is 0 Å². The first-order valence-electron chi connectivity index (χ1n) is 6.39. The molecule has 1 fully saturated rings. The Kier molecular flexibility index (Phi) is 3.87. The average molecular weight is 258 g/mol. The molecule has 1 atom stereocenters. The van der Waals surface area contributed by atoms with Gasteiger partial charge in [-0.1, -0.05) is 17.7 Å². The molecular formula is C15H18N2O2. The Morgan fingerprint density at radius 2 is 2.00 bits per heavy atom. The van der Waals surface area contributed by atoms with Crippen LogP contribution in [-0.2, 0) is 9.53 Å². The van der Waals surface area contributed by atoms with Crippen LogP contribution in [0.15, 0.2) is 12.1 Å². The zero-order valence-corrected chi connectivity index (χ0v) is 11.6. The van der Waals surface area contributed by atoms with Crippen molar-refractivity contribution in [2.45, 2.75) is 33.3 Å². The van der Waals surface area contributed by atoms with Crippen LogP contribution in [0.3, 0.4) is 0 Å². The van der Waals surface area contributed by atoms with Crippen LogP contribution in [0.1, 0.15) is 23.1 Å². The molecule has 1 saturated heterocycles. The number of rotatable bonds is 2. The van der Waals surface area contributed by atoms with Crippen LogP contribution < -0.4 is 4.90 Å². The second-order valence-electron chi connectivity index (χ2n) is 5.05. The summed E-state index contributed by atoms with van der Waals surface area (Å²) in [6.07, 6.45) is 0.121. The number of anilines is 1. The topological polar surface area (TPSA) is 53.3 Å². The summed E-state index contributed by atoms with van der Waals surface area (Å²) >= 11 is 0. The normalized spacial score (nSPS) is 19.4. The molecule has 1 unspecified atom stereocenters. The zero-order chi connectivity index (χ0) is 14.0. The molecule has 0 saturated carbocycles. The highest BCUT2D eigenvalue weighted by Gasteiger charge is 2.29. The molecule has 0 spiro atoms. The van der Waals surface area contributed by atoms with Crippen molar-refractivity contribution in [1.82, 2.24) is 0 Å². The second-order valence-corrected chi connectivity index (χ2v) is 5.05. The monoisotopic (exact) mass is 258 g/mol. The first-order chi connectivity index (χ1) is 9.02. The SMILES string of the molecule is Cc1cc(C)c(N2CC(CC#N)OCC2=O)c(C)c1. The van der Waals surface area contributed by atoms with E-state index < -0.39 is 0 Å². The molecule has 0 bridgehead atoms. The molecule has 0 N–H and O–H groups in total. The standard InChI is InChI=1S/C15H18N2O2/c1-10-6-11(2)15(12(3)7-10)17-8-13(4-5-16)19-9-14(17)18/h6-7,13H,4,8-9H2,1-3H3. The Hall–Kier alpha value is -1.86. The van der Waals surface area contributed by atoms with Gasteiger partial charge in [-0.15, -0.1) is 0 Å². The molecule has 2 rings (SSSR count). The van der Waals surface area contributed by atoms with E-state index in [4.69, 9.17) is 10.00 Å². The summed E-state index contributed by atoms with van der Waals surface area (Å²) in [6, 6.07) is 6.25. The van der Waals surface area contributed by atoms with E-state index >= 15 is 0 Å². The molecular weight excluding hydrogens is 240 g/mol. The third-order valence-electron chi connectivity index (χ3n) is 3.35. The number of benzene rings is 1. The van der Waals surface area contributed by atoms with E-state index in [1.807, 2.05) is 20.8 Å². The summed E-state index contributed by atoms with van der Waals surface area (Å²) in [6.45, 7) is 6.58. The van der Waals surface area contributed by atoms with E-state index in [9.17, 15) is 4.79 Å². The summed E-state index contributed by atoms with van der Waals surface area (Å²) in [5, 5.41) is 8.75. The van der Waals surface area contributed by atoms with Crippen molar-refractivity contribution >= 4 is 11.6 Å². The smallest absolute Gasteiger partial charge is 0.253 e. The fourth-order valence-electron chi connectivity index (χ4n) is 2.66. The highest BCUT2D eigenvalue weighted by molar-refractivity contribution is 5.96. The number of hydrogen-bond donors (Lipinski definition) is 0. The van der Waals surface area contributed by atoms with Crippen LogP contribution in [0.2, 0.25) is 0 Å². The molecule has 0 aliphatic carbocycles. The van der Waals surface area contributed by atoms with Crippen molar-refractivity contribution in [3.63, 3.8) is 0 Å². The molecule has 4 nitrogen and oxygen atoms in total. The first-order valence-corrected chi connectivity index (χ1v) is 6.39. The summed E-state index contributed by atoms with van der Waals surface area (Å²) in [7, 11) is 0. The number of amides is 1. The van der Waals surface area contributed by atoms with E-state index in [0.717, 1.165) is 16.8 Å². The molecule has 0 aromatic heterocycles. The van der Waals surface area contributed by atoms with Crippen molar-refractivity contribution < 1.29 is 9.53 Å². The van der Waals surface area contributed by atoms with Crippen LogP contribution in [0.25, 0.3) is 0 Å². The predicted molar refractivity (Wildman–Crippen MR) is 73.0 cm³/mol. The molecule has 19 heavy (non-hydrogen) atoms. The predicted octanol–water partition coefficient (Wildman–Crippen LogP) is 2.26. The van der Waals surface area contributed by atoms with Crippen molar-refractivity contribution in [2.24, 2.45) is 0 Å². The maximum atomic E-state index is 12.1. The number of nitriles is 1. The molecule has 1 heterocycles. The van der Waals surface area contributed by atoms with Gasteiger partial charge in [0.1, 0.15) is 6.61 Å². The van der Waals surface area contributed by atoms with Gasteiger partial charge < -0.3 is 9.64 Å². The Morgan fingerprint density at radius 3 is 2.58 bits per heavy atom. The molecule has 0 radical (unpaired) electrons. The number of carbonyl (C=O) groups is 1. The van der Waals surface area contributed by atoms with Gasteiger partial charge in [0, 0.05) is 5.69 Å². The molecule has 4 heteroatoms. The Labute approximate surface area is 113 Å².